The zero-order valence-electron chi connectivity index (χ0n) is 13.1. The SMILES string of the molecule is O=C(CN1C(=O)CSc2ccccc21)NC1CCc2nccn2C1. The number of aryl methyl sites for hydroxylation is 1. The van der Waals surface area contributed by atoms with Gasteiger partial charge in [0.1, 0.15) is 12.4 Å². The fourth-order valence-electron chi connectivity index (χ4n) is 3.23. The number of carbonyl (C=O) groups is 2. The molecule has 0 aliphatic carbocycles. The number of nitrogens with zero attached hydrogens (tertiary/aromatic N) is 3. The van der Waals surface area contributed by atoms with E-state index in [0.717, 1.165) is 35.8 Å². The van der Waals surface area contributed by atoms with Crippen LogP contribution in [0.1, 0.15) is 12.2 Å². The van der Waals surface area contributed by atoms with Gasteiger partial charge in [-0.2, -0.15) is 0 Å². The van der Waals surface area contributed by atoms with Crippen LogP contribution in [0.15, 0.2) is 41.6 Å². The Morgan fingerprint density at radius 3 is 3.17 bits per heavy atom. The van der Waals surface area contributed by atoms with Crippen LogP contribution in [0, 0.1) is 0 Å². The second kappa shape index (κ2) is 6.32. The minimum absolute atomic E-state index is 0.0191. The fourth-order valence-corrected chi connectivity index (χ4v) is 4.16. The van der Waals surface area contributed by atoms with E-state index in [1.807, 2.05) is 30.5 Å². The Morgan fingerprint density at radius 1 is 1.38 bits per heavy atom. The Labute approximate surface area is 144 Å². The van der Waals surface area contributed by atoms with E-state index in [9.17, 15) is 9.59 Å². The van der Waals surface area contributed by atoms with Crippen molar-refractivity contribution in [1.82, 2.24) is 14.9 Å². The van der Waals surface area contributed by atoms with Gasteiger partial charge in [0.05, 0.1) is 11.4 Å². The third-order valence-corrected chi connectivity index (χ3v) is 5.46. The van der Waals surface area contributed by atoms with E-state index < -0.39 is 0 Å². The summed E-state index contributed by atoms with van der Waals surface area (Å²) < 4.78 is 2.08. The third-order valence-electron chi connectivity index (χ3n) is 4.41. The molecule has 24 heavy (non-hydrogen) atoms. The van der Waals surface area contributed by atoms with E-state index in [1.165, 1.54) is 11.8 Å². The monoisotopic (exact) mass is 342 g/mol. The number of benzene rings is 1. The Bertz CT molecular complexity index is 788. The first-order valence-corrected chi connectivity index (χ1v) is 9.01. The maximum Gasteiger partial charge on any atom is 0.240 e. The van der Waals surface area contributed by atoms with Crippen LogP contribution in [0.2, 0.25) is 0 Å². The molecular formula is C17H18N4O2S. The van der Waals surface area contributed by atoms with Crippen LogP contribution in [-0.2, 0) is 22.6 Å². The largest absolute Gasteiger partial charge is 0.350 e. The van der Waals surface area contributed by atoms with Crippen LogP contribution in [0.3, 0.4) is 0 Å². The zero-order valence-corrected chi connectivity index (χ0v) is 14.0. The van der Waals surface area contributed by atoms with Gasteiger partial charge in [0.2, 0.25) is 11.8 Å². The molecule has 4 rings (SSSR count). The smallest absolute Gasteiger partial charge is 0.240 e. The number of hydrogen-bond acceptors (Lipinski definition) is 4. The van der Waals surface area contributed by atoms with Crippen molar-refractivity contribution in [2.24, 2.45) is 0 Å². The van der Waals surface area contributed by atoms with Crippen LogP contribution >= 0.6 is 11.8 Å². The van der Waals surface area contributed by atoms with E-state index in [2.05, 4.69) is 14.9 Å². The minimum Gasteiger partial charge on any atom is -0.350 e. The van der Waals surface area contributed by atoms with Crippen molar-refractivity contribution in [1.29, 1.82) is 0 Å². The lowest BCUT2D eigenvalue weighted by Crippen LogP contribution is -2.48. The van der Waals surface area contributed by atoms with E-state index in [0.29, 0.717) is 5.75 Å². The molecule has 6 nitrogen and oxygen atoms in total. The second-order valence-electron chi connectivity index (χ2n) is 6.04. The van der Waals surface area contributed by atoms with Crippen molar-refractivity contribution in [2.75, 3.05) is 17.2 Å². The van der Waals surface area contributed by atoms with Gasteiger partial charge >= 0.3 is 0 Å². The normalized spacial score (nSPS) is 19.6. The number of imidazole rings is 1. The van der Waals surface area contributed by atoms with Crippen molar-refractivity contribution in [3.63, 3.8) is 0 Å². The summed E-state index contributed by atoms with van der Waals surface area (Å²) in [6, 6.07) is 7.81. The first-order chi connectivity index (χ1) is 11.7. The Balaban J connectivity index is 1.42. The van der Waals surface area contributed by atoms with Crippen molar-refractivity contribution in [3.05, 3.63) is 42.5 Å². The Hall–Kier alpha value is -2.28. The maximum absolute atomic E-state index is 12.4. The average Bonchev–Trinajstić information content (AvgIpc) is 3.05. The molecule has 0 bridgehead atoms. The van der Waals surface area contributed by atoms with E-state index in [4.69, 9.17) is 0 Å². The predicted octanol–water partition coefficient (Wildman–Crippen LogP) is 1.45. The molecule has 0 saturated carbocycles. The molecule has 2 aromatic rings. The molecule has 1 aromatic heterocycles. The van der Waals surface area contributed by atoms with E-state index in [-0.39, 0.29) is 24.4 Å². The summed E-state index contributed by atoms with van der Waals surface area (Å²) in [7, 11) is 0. The molecule has 124 valence electrons. The molecule has 1 aromatic carbocycles. The molecule has 2 aliphatic rings. The van der Waals surface area contributed by atoms with Gasteiger partial charge < -0.3 is 14.8 Å². The highest BCUT2D eigenvalue weighted by Gasteiger charge is 2.27. The summed E-state index contributed by atoms with van der Waals surface area (Å²) in [6.45, 7) is 0.811. The summed E-state index contributed by atoms with van der Waals surface area (Å²) in [5.74, 6) is 1.32. The summed E-state index contributed by atoms with van der Waals surface area (Å²) >= 11 is 1.52. The third kappa shape index (κ3) is 2.91. The number of para-hydroxylation sites is 1. The van der Waals surface area contributed by atoms with Crippen LogP contribution in [-0.4, -0.2) is 39.7 Å². The highest BCUT2D eigenvalue weighted by atomic mass is 32.2. The van der Waals surface area contributed by atoms with Crippen molar-refractivity contribution in [2.45, 2.75) is 30.3 Å². The number of amides is 2. The molecule has 0 saturated heterocycles. The molecular weight excluding hydrogens is 324 g/mol. The lowest BCUT2D eigenvalue weighted by molar-refractivity contribution is -0.123. The highest BCUT2D eigenvalue weighted by molar-refractivity contribution is 8.00. The first-order valence-electron chi connectivity index (χ1n) is 8.02. The molecule has 1 unspecified atom stereocenters. The van der Waals surface area contributed by atoms with Crippen LogP contribution in [0.25, 0.3) is 0 Å². The molecule has 2 aliphatic heterocycles. The molecule has 3 heterocycles. The molecule has 0 radical (unpaired) electrons. The molecule has 1 atom stereocenters. The van der Waals surface area contributed by atoms with Gasteiger partial charge in [0.15, 0.2) is 0 Å². The minimum atomic E-state index is -0.112. The number of thioether (sulfide) groups is 1. The van der Waals surface area contributed by atoms with Gasteiger partial charge in [-0.15, -0.1) is 11.8 Å². The quantitative estimate of drug-likeness (QED) is 0.917. The Morgan fingerprint density at radius 2 is 2.25 bits per heavy atom. The number of hydrogen-bond donors (Lipinski definition) is 1. The lowest BCUT2D eigenvalue weighted by Gasteiger charge is -2.30. The highest BCUT2D eigenvalue weighted by Crippen LogP contribution is 2.34. The van der Waals surface area contributed by atoms with Gasteiger partial charge in [-0.25, -0.2) is 4.98 Å². The number of carbonyl (C=O) groups excluding carboxylic acids is 2. The summed E-state index contributed by atoms with van der Waals surface area (Å²) in [6.07, 6.45) is 5.47. The number of nitrogens with one attached hydrogen (secondary N) is 1. The van der Waals surface area contributed by atoms with E-state index in [1.54, 1.807) is 11.1 Å². The average molecular weight is 342 g/mol. The molecule has 7 heteroatoms. The van der Waals surface area contributed by atoms with Gasteiger partial charge in [-0.3, -0.25) is 9.59 Å². The van der Waals surface area contributed by atoms with Gasteiger partial charge in [0.25, 0.3) is 0 Å². The molecule has 0 fully saturated rings. The van der Waals surface area contributed by atoms with Crippen molar-refractivity contribution < 1.29 is 9.59 Å². The van der Waals surface area contributed by atoms with Gasteiger partial charge in [-0.1, -0.05) is 12.1 Å². The van der Waals surface area contributed by atoms with Crippen molar-refractivity contribution >= 4 is 29.3 Å². The number of anilines is 1. The summed E-state index contributed by atoms with van der Waals surface area (Å²) in [4.78, 5) is 31.6. The summed E-state index contributed by atoms with van der Waals surface area (Å²) in [5, 5.41) is 3.06. The first kappa shape index (κ1) is 15.3. The zero-order chi connectivity index (χ0) is 16.5. The number of aromatic nitrogens is 2. The maximum atomic E-state index is 12.4. The van der Waals surface area contributed by atoms with Crippen LogP contribution < -0.4 is 10.2 Å². The van der Waals surface area contributed by atoms with Gasteiger partial charge in [0, 0.05) is 36.3 Å². The number of rotatable bonds is 3. The fraction of sp³-hybridized carbons (Fsp3) is 0.353. The summed E-state index contributed by atoms with van der Waals surface area (Å²) in [5.41, 5.74) is 0.828. The van der Waals surface area contributed by atoms with Crippen molar-refractivity contribution in [3.8, 4) is 0 Å². The lowest BCUT2D eigenvalue weighted by atomic mass is 10.1. The topological polar surface area (TPSA) is 67.2 Å². The number of fused-ring (bicyclic) bond motifs is 2. The molecule has 0 spiro atoms. The van der Waals surface area contributed by atoms with Gasteiger partial charge in [-0.05, 0) is 18.6 Å². The van der Waals surface area contributed by atoms with Crippen LogP contribution in [0.5, 0.6) is 0 Å². The molecule has 2 amide bonds. The second-order valence-corrected chi connectivity index (χ2v) is 7.05. The van der Waals surface area contributed by atoms with Crippen LogP contribution in [0.4, 0.5) is 5.69 Å². The Kier molecular flexibility index (Phi) is 4.02. The predicted molar refractivity (Wildman–Crippen MR) is 92.0 cm³/mol. The van der Waals surface area contributed by atoms with E-state index >= 15 is 0 Å². The standard InChI is InChI=1S/C17H18N4O2S/c22-16(19-12-5-6-15-18-7-8-20(15)9-12)10-21-13-3-1-2-4-14(13)24-11-17(21)23/h1-4,7-8,12H,5-6,9-11H2,(H,19,22). The molecule has 1 N–H and O–H groups in total.